The summed E-state index contributed by atoms with van der Waals surface area (Å²) >= 11 is 0. The molecule has 5 heteroatoms. The Morgan fingerprint density at radius 3 is 2.44 bits per heavy atom. The third-order valence-corrected chi connectivity index (χ3v) is 3.02. The van der Waals surface area contributed by atoms with Gasteiger partial charge in [-0.15, -0.1) is 0 Å². The molecule has 1 aromatic heterocycles. The summed E-state index contributed by atoms with van der Waals surface area (Å²) in [4.78, 5) is 8.46. The van der Waals surface area contributed by atoms with Crippen LogP contribution in [0.1, 0.15) is 45.1 Å². The molecule has 0 aromatic carbocycles. The van der Waals surface area contributed by atoms with Gasteiger partial charge >= 0.3 is 0 Å². The molecule has 0 aliphatic heterocycles. The lowest BCUT2D eigenvalue weighted by Crippen LogP contribution is -2.21. The largest absolute Gasteiger partial charge is 0.365 e. The van der Waals surface area contributed by atoms with Crippen LogP contribution in [0, 0.1) is 0 Å². The fourth-order valence-corrected chi connectivity index (χ4v) is 1.76. The molecule has 1 fully saturated rings. The normalized spacial score (nSPS) is 17.3. The number of hydrogen-bond donors (Lipinski definition) is 3. The van der Waals surface area contributed by atoms with Crippen molar-refractivity contribution >= 4 is 11.6 Å². The maximum atomic E-state index is 5.47. The molecule has 0 unspecified atom stereocenters. The topological polar surface area (TPSA) is 75.9 Å². The number of anilines is 2. The smallest absolute Gasteiger partial charge is 0.148 e. The standard InChI is InChI=1S/C11H19N5/c1-7(2)8-9(15-11(3)4-5-11)13-6-14-10(8)16-12/h6-7H,4-5,12H2,1-3H3,(H2,13,14,15,16). The molecule has 0 spiro atoms. The lowest BCUT2D eigenvalue weighted by atomic mass is 10.0. The van der Waals surface area contributed by atoms with Crippen molar-refractivity contribution in [3.63, 3.8) is 0 Å². The molecular formula is C11H19N5. The molecule has 0 saturated heterocycles. The van der Waals surface area contributed by atoms with Gasteiger partial charge in [0, 0.05) is 11.1 Å². The van der Waals surface area contributed by atoms with Gasteiger partial charge in [0.25, 0.3) is 0 Å². The van der Waals surface area contributed by atoms with Crippen LogP contribution in [0.15, 0.2) is 6.33 Å². The Bertz CT molecular complexity index is 384. The zero-order valence-corrected chi connectivity index (χ0v) is 10.0. The lowest BCUT2D eigenvalue weighted by Gasteiger charge is -2.19. The minimum Gasteiger partial charge on any atom is -0.365 e. The van der Waals surface area contributed by atoms with E-state index in [4.69, 9.17) is 5.84 Å². The molecule has 4 N–H and O–H groups in total. The van der Waals surface area contributed by atoms with Crippen molar-refractivity contribution in [2.45, 2.75) is 45.1 Å². The van der Waals surface area contributed by atoms with Gasteiger partial charge in [-0.3, -0.25) is 0 Å². The van der Waals surface area contributed by atoms with Gasteiger partial charge < -0.3 is 10.7 Å². The molecule has 0 amide bonds. The van der Waals surface area contributed by atoms with Gasteiger partial charge in [-0.25, -0.2) is 15.8 Å². The Balaban J connectivity index is 2.35. The number of rotatable bonds is 4. The average molecular weight is 221 g/mol. The number of nitrogens with one attached hydrogen (secondary N) is 2. The van der Waals surface area contributed by atoms with E-state index in [0.29, 0.717) is 11.7 Å². The van der Waals surface area contributed by atoms with E-state index in [2.05, 4.69) is 41.5 Å². The van der Waals surface area contributed by atoms with Crippen LogP contribution in [0.5, 0.6) is 0 Å². The Hall–Kier alpha value is -1.36. The van der Waals surface area contributed by atoms with Crippen LogP contribution < -0.4 is 16.6 Å². The second-order valence-corrected chi connectivity index (χ2v) is 4.97. The van der Waals surface area contributed by atoms with Crippen molar-refractivity contribution in [3.8, 4) is 0 Å². The van der Waals surface area contributed by atoms with Gasteiger partial charge in [0.2, 0.25) is 0 Å². The van der Waals surface area contributed by atoms with E-state index in [1.165, 1.54) is 19.2 Å². The first kappa shape index (κ1) is 11.1. The predicted octanol–water partition coefficient (Wildman–Crippen LogP) is 1.85. The number of hydrazine groups is 1. The van der Waals surface area contributed by atoms with Crippen molar-refractivity contribution in [1.29, 1.82) is 0 Å². The van der Waals surface area contributed by atoms with E-state index in [0.717, 1.165) is 11.4 Å². The van der Waals surface area contributed by atoms with Crippen LogP contribution in [0.3, 0.4) is 0 Å². The fourth-order valence-electron chi connectivity index (χ4n) is 1.76. The molecule has 1 aliphatic rings. The SMILES string of the molecule is CC(C)c1c(NN)ncnc1NC1(C)CC1. The molecule has 1 heterocycles. The highest BCUT2D eigenvalue weighted by Crippen LogP contribution is 2.40. The van der Waals surface area contributed by atoms with Crippen molar-refractivity contribution in [2.75, 3.05) is 10.7 Å². The maximum Gasteiger partial charge on any atom is 0.148 e. The van der Waals surface area contributed by atoms with Gasteiger partial charge in [0.1, 0.15) is 18.0 Å². The van der Waals surface area contributed by atoms with Gasteiger partial charge in [0.15, 0.2) is 0 Å². The van der Waals surface area contributed by atoms with Crippen LogP contribution in [-0.2, 0) is 0 Å². The molecule has 1 aromatic rings. The number of nitrogens with two attached hydrogens (primary N) is 1. The van der Waals surface area contributed by atoms with Gasteiger partial charge in [-0.05, 0) is 25.7 Å². The summed E-state index contributed by atoms with van der Waals surface area (Å²) in [6, 6.07) is 0. The Morgan fingerprint density at radius 2 is 1.94 bits per heavy atom. The number of aromatic nitrogens is 2. The minimum atomic E-state index is 0.212. The first-order chi connectivity index (χ1) is 7.56. The van der Waals surface area contributed by atoms with Gasteiger partial charge in [-0.2, -0.15) is 0 Å². The summed E-state index contributed by atoms with van der Waals surface area (Å²) in [5, 5.41) is 3.47. The molecule has 1 aliphatic carbocycles. The third kappa shape index (κ3) is 2.09. The van der Waals surface area contributed by atoms with E-state index in [-0.39, 0.29) is 5.54 Å². The highest BCUT2D eigenvalue weighted by molar-refractivity contribution is 5.59. The molecule has 2 rings (SSSR count). The first-order valence-electron chi connectivity index (χ1n) is 5.65. The highest BCUT2D eigenvalue weighted by Gasteiger charge is 2.38. The molecule has 16 heavy (non-hydrogen) atoms. The molecule has 5 nitrogen and oxygen atoms in total. The van der Waals surface area contributed by atoms with E-state index in [1.807, 2.05) is 0 Å². The zero-order chi connectivity index (χ0) is 11.8. The summed E-state index contributed by atoms with van der Waals surface area (Å²) in [7, 11) is 0. The van der Waals surface area contributed by atoms with E-state index < -0.39 is 0 Å². The summed E-state index contributed by atoms with van der Waals surface area (Å²) in [6.45, 7) is 6.43. The monoisotopic (exact) mass is 221 g/mol. The maximum absolute atomic E-state index is 5.47. The number of nitrogens with zero attached hydrogens (tertiary/aromatic N) is 2. The quantitative estimate of drug-likeness (QED) is 0.534. The Morgan fingerprint density at radius 1 is 1.31 bits per heavy atom. The van der Waals surface area contributed by atoms with Crippen LogP contribution in [-0.4, -0.2) is 15.5 Å². The van der Waals surface area contributed by atoms with Crippen molar-refractivity contribution in [3.05, 3.63) is 11.9 Å². The first-order valence-corrected chi connectivity index (χ1v) is 5.65. The Labute approximate surface area is 95.8 Å². The number of hydrogen-bond acceptors (Lipinski definition) is 5. The van der Waals surface area contributed by atoms with E-state index in [1.54, 1.807) is 0 Å². The summed E-state index contributed by atoms with van der Waals surface area (Å²) < 4.78 is 0. The highest BCUT2D eigenvalue weighted by atomic mass is 15.3. The zero-order valence-electron chi connectivity index (χ0n) is 10.0. The molecule has 88 valence electrons. The van der Waals surface area contributed by atoms with Crippen molar-refractivity contribution in [2.24, 2.45) is 5.84 Å². The predicted molar refractivity (Wildman–Crippen MR) is 65.2 cm³/mol. The molecule has 1 saturated carbocycles. The number of nitrogen functional groups attached to an aromatic ring is 1. The summed E-state index contributed by atoms with van der Waals surface area (Å²) in [6.07, 6.45) is 3.93. The summed E-state index contributed by atoms with van der Waals surface area (Å²) in [5.41, 5.74) is 3.90. The molecular weight excluding hydrogens is 202 g/mol. The Kier molecular flexibility index (Phi) is 2.71. The third-order valence-electron chi connectivity index (χ3n) is 3.02. The van der Waals surface area contributed by atoms with E-state index in [9.17, 15) is 0 Å². The average Bonchev–Trinajstić information content (AvgIpc) is 2.95. The van der Waals surface area contributed by atoms with Crippen LogP contribution in [0.25, 0.3) is 0 Å². The second-order valence-electron chi connectivity index (χ2n) is 4.97. The van der Waals surface area contributed by atoms with Gasteiger partial charge in [0.05, 0.1) is 0 Å². The minimum absolute atomic E-state index is 0.212. The summed E-state index contributed by atoms with van der Waals surface area (Å²) in [5.74, 6) is 7.41. The second kappa shape index (κ2) is 3.90. The van der Waals surface area contributed by atoms with Gasteiger partial charge in [-0.1, -0.05) is 13.8 Å². The lowest BCUT2D eigenvalue weighted by molar-refractivity contribution is 0.792. The molecule has 0 atom stereocenters. The van der Waals surface area contributed by atoms with E-state index >= 15 is 0 Å². The van der Waals surface area contributed by atoms with Crippen LogP contribution in [0.2, 0.25) is 0 Å². The molecule has 0 bridgehead atoms. The van der Waals surface area contributed by atoms with Crippen molar-refractivity contribution < 1.29 is 0 Å². The van der Waals surface area contributed by atoms with Crippen LogP contribution >= 0.6 is 0 Å². The fraction of sp³-hybridized carbons (Fsp3) is 0.636. The van der Waals surface area contributed by atoms with Crippen LogP contribution in [0.4, 0.5) is 11.6 Å². The van der Waals surface area contributed by atoms with Crippen molar-refractivity contribution in [1.82, 2.24) is 9.97 Å². The molecule has 0 radical (unpaired) electrons.